The first-order valence-electron chi connectivity index (χ1n) is 6.16. The maximum absolute atomic E-state index is 11.9. The third-order valence-corrected chi connectivity index (χ3v) is 3.19. The highest BCUT2D eigenvalue weighted by Crippen LogP contribution is 2.12. The second-order valence-corrected chi connectivity index (χ2v) is 4.45. The van der Waals surface area contributed by atoms with Crippen LogP contribution in [0, 0.1) is 0 Å². The lowest BCUT2D eigenvalue weighted by atomic mass is 10.1. The molecule has 0 radical (unpaired) electrons. The lowest BCUT2D eigenvalue weighted by molar-refractivity contribution is -0.129. The maximum atomic E-state index is 11.9. The summed E-state index contributed by atoms with van der Waals surface area (Å²) in [5.41, 5.74) is 1.44. The van der Waals surface area contributed by atoms with E-state index in [0.29, 0.717) is 12.0 Å². The van der Waals surface area contributed by atoms with Crippen LogP contribution in [0.4, 0.5) is 0 Å². The van der Waals surface area contributed by atoms with Gasteiger partial charge in [-0.15, -0.1) is 0 Å². The third-order valence-electron chi connectivity index (χ3n) is 3.19. The Bertz CT molecular complexity index is 433. The van der Waals surface area contributed by atoms with Gasteiger partial charge in [-0.2, -0.15) is 0 Å². The van der Waals surface area contributed by atoms with E-state index in [1.807, 2.05) is 4.90 Å². The predicted octanol–water partition coefficient (Wildman–Crippen LogP) is 1.64. The van der Waals surface area contributed by atoms with Gasteiger partial charge in [0.05, 0.1) is 19.1 Å². The van der Waals surface area contributed by atoms with Crippen molar-refractivity contribution in [3.8, 4) is 0 Å². The zero-order valence-electron chi connectivity index (χ0n) is 10.5. The van der Waals surface area contributed by atoms with Crippen molar-refractivity contribution in [3.05, 3.63) is 35.4 Å². The second-order valence-electron chi connectivity index (χ2n) is 4.45. The van der Waals surface area contributed by atoms with Crippen molar-refractivity contribution in [1.29, 1.82) is 0 Å². The summed E-state index contributed by atoms with van der Waals surface area (Å²) < 4.78 is 4.62. The molecule has 0 aromatic heterocycles. The minimum atomic E-state index is -0.354. The van der Waals surface area contributed by atoms with E-state index in [4.69, 9.17) is 0 Å². The number of carbonyl (C=O) groups is 2. The normalized spacial score (nSPS) is 14.6. The first-order valence-corrected chi connectivity index (χ1v) is 6.16. The summed E-state index contributed by atoms with van der Waals surface area (Å²) in [7, 11) is 1.35. The molecular formula is C14H17NO3. The molecule has 4 nitrogen and oxygen atoms in total. The smallest absolute Gasteiger partial charge is 0.337 e. The largest absolute Gasteiger partial charge is 0.465 e. The average molecular weight is 247 g/mol. The Kier molecular flexibility index (Phi) is 3.97. The molecule has 1 fully saturated rings. The number of hydrogen-bond acceptors (Lipinski definition) is 3. The molecule has 18 heavy (non-hydrogen) atoms. The van der Waals surface area contributed by atoms with Crippen molar-refractivity contribution in [2.24, 2.45) is 0 Å². The van der Waals surface area contributed by atoms with Crippen LogP contribution in [0.1, 0.15) is 28.8 Å². The van der Waals surface area contributed by atoms with Crippen LogP contribution in [0.2, 0.25) is 0 Å². The van der Waals surface area contributed by atoms with Crippen molar-refractivity contribution < 1.29 is 14.3 Å². The van der Waals surface area contributed by atoms with Gasteiger partial charge < -0.3 is 9.64 Å². The molecule has 0 N–H and O–H groups in total. The van der Waals surface area contributed by atoms with E-state index in [0.717, 1.165) is 31.5 Å². The van der Waals surface area contributed by atoms with Gasteiger partial charge in [0, 0.05) is 13.1 Å². The van der Waals surface area contributed by atoms with Gasteiger partial charge in [0.15, 0.2) is 0 Å². The number of likely N-dealkylation sites (tertiary alicyclic amines) is 1. The molecule has 1 amide bonds. The van der Waals surface area contributed by atoms with E-state index in [1.165, 1.54) is 7.11 Å². The van der Waals surface area contributed by atoms with E-state index < -0.39 is 0 Å². The number of hydrogen-bond donors (Lipinski definition) is 0. The van der Waals surface area contributed by atoms with Crippen LogP contribution in [-0.4, -0.2) is 37.0 Å². The van der Waals surface area contributed by atoms with Gasteiger partial charge in [-0.1, -0.05) is 12.1 Å². The summed E-state index contributed by atoms with van der Waals surface area (Å²) in [6.45, 7) is 1.75. The molecule has 1 saturated heterocycles. The van der Waals surface area contributed by atoms with Gasteiger partial charge in [-0.05, 0) is 30.5 Å². The summed E-state index contributed by atoms with van der Waals surface area (Å²) >= 11 is 0. The van der Waals surface area contributed by atoms with Crippen LogP contribution in [0.5, 0.6) is 0 Å². The Morgan fingerprint density at radius 1 is 1.17 bits per heavy atom. The molecule has 2 rings (SSSR count). The van der Waals surface area contributed by atoms with Crippen LogP contribution in [-0.2, 0) is 16.0 Å². The minimum absolute atomic E-state index is 0.165. The van der Waals surface area contributed by atoms with E-state index in [9.17, 15) is 9.59 Å². The van der Waals surface area contributed by atoms with Crippen molar-refractivity contribution in [3.63, 3.8) is 0 Å². The summed E-state index contributed by atoms with van der Waals surface area (Å²) in [6, 6.07) is 7.00. The lowest BCUT2D eigenvalue weighted by Crippen LogP contribution is -2.29. The van der Waals surface area contributed by atoms with Crippen LogP contribution < -0.4 is 0 Å². The van der Waals surface area contributed by atoms with Gasteiger partial charge in [0.2, 0.25) is 5.91 Å². The Morgan fingerprint density at radius 2 is 1.78 bits per heavy atom. The van der Waals surface area contributed by atoms with Crippen LogP contribution in [0.15, 0.2) is 24.3 Å². The fraction of sp³-hybridized carbons (Fsp3) is 0.429. The zero-order valence-corrected chi connectivity index (χ0v) is 10.5. The van der Waals surface area contributed by atoms with E-state index in [1.54, 1.807) is 24.3 Å². The molecule has 96 valence electrons. The summed E-state index contributed by atoms with van der Waals surface area (Å²) in [5.74, 6) is -0.189. The predicted molar refractivity (Wildman–Crippen MR) is 67.3 cm³/mol. The SMILES string of the molecule is COC(=O)c1ccc(CC(=O)N2CCCC2)cc1. The summed E-state index contributed by atoms with van der Waals surface area (Å²) in [5, 5.41) is 0. The number of rotatable bonds is 3. The highest BCUT2D eigenvalue weighted by Gasteiger charge is 2.17. The fourth-order valence-corrected chi connectivity index (χ4v) is 2.13. The Labute approximate surface area is 107 Å². The van der Waals surface area contributed by atoms with Gasteiger partial charge in [-0.25, -0.2) is 4.79 Å². The van der Waals surface area contributed by atoms with Crippen molar-refractivity contribution in [1.82, 2.24) is 4.90 Å². The molecule has 4 heteroatoms. The van der Waals surface area contributed by atoms with E-state index in [2.05, 4.69) is 4.74 Å². The highest BCUT2D eigenvalue weighted by atomic mass is 16.5. The van der Waals surface area contributed by atoms with Crippen LogP contribution >= 0.6 is 0 Å². The van der Waals surface area contributed by atoms with Crippen molar-refractivity contribution >= 4 is 11.9 Å². The Hall–Kier alpha value is -1.84. The van der Waals surface area contributed by atoms with Gasteiger partial charge >= 0.3 is 5.97 Å². The monoisotopic (exact) mass is 247 g/mol. The lowest BCUT2D eigenvalue weighted by Gasteiger charge is -2.15. The standard InChI is InChI=1S/C14H17NO3/c1-18-14(17)12-6-4-11(5-7-12)10-13(16)15-8-2-3-9-15/h4-7H,2-3,8-10H2,1H3. The zero-order chi connectivity index (χ0) is 13.0. The molecule has 0 saturated carbocycles. The quantitative estimate of drug-likeness (QED) is 0.763. The first kappa shape index (κ1) is 12.6. The molecule has 1 aromatic rings. The first-order chi connectivity index (χ1) is 8.70. The molecule has 0 aliphatic carbocycles. The molecular weight excluding hydrogens is 230 g/mol. The van der Waals surface area contributed by atoms with Crippen molar-refractivity contribution in [2.45, 2.75) is 19.3 Å². The van der Waals surface area contributed by atoms with E-state index in [-0.39, 0.29) is 11.9 Å². The van der Waals surface area contributed by atoms with Crippen LogP contribution in [0.25, 0.3) is 0 Å². The number of methoxy groups -OCH3 is 1. The number of nitrogens with zero attached hydrogens (tertiary/aromatic N) is 1. The number of amides is 1. The highest BCUT2D eigenvalue weighted by molar-refractivity contribution is 5.89. The Morgan fingerprint density at radius 3 is 2.33 bits per heavy atom. The third kappa shape index (κ3) is 2.88. The van der Waals surface area contributed by atoms with Crippen molar-refractivity contribution in [2.75, 3.05) is 20.2 Å². The Balaban J connectivity index is 1.97. The molecule has 0 bridgehead atoms. The van der Waals surface area contributed by atoms with Crippen LogP contribution in [0.3, 0.4) is 0 Å². The molecule has 0 atom stereocenters. The summed E-state index contributed by atoms with van der Waals surface area (Å²) in [6.07, 6.45) is 2.61. The molecule has 1 aliphatic rings. The fourth-order valence-electron chi connectivity index (χ4n) is 2.13. The minimum Gasteiger partial charge on any atom is -0.465 e. The number of benzene rings is 1. The second kappa shape index (κ2) is 5.67. The summed E-state index contributed by atoms with van der Waals surface area (Å²) in [4.78, 5) is 25.1. The molecule has 0 unspecified atom stereocenters. The molecule has 1 aliphatic heterocycles. The van der Waals surface area contributed by atoms with Gasteiger partial charge in [0.1, 0.15) is 0 Å². The average Bonchev–Trinajstić information content (AvgIpc) is 2.92. The maximum Gasteiger partial charge on any atom is 0.337 e. The number of ether oxygens (including phenoxy) is 1. The number of esters is 1. The molecule has 1 aromatic carbocycles. The van der Waals surface area contributed by atoms with E-state index >= 15 is 0 Å². The van der Waals surface area contributed by atoms with Gasteiger partial charge in [-0.3, -0.25) is 4.79 Å². The molecule has 0 spiro atoms. The molecule has 1 heterocycles. The van der Waals surface area contributed by atoms with Gasteiger partial charge in [0.25, 0.3) is 0 Å². The number of carbonyl (C=O) groups excluding carboxylic acids is 2. The topological polar surface area (TPSA) is 46.6 Å².